The van der Waals surface area contributed by atoms with Crippen molar-refractivity contribution >= 4 is 22.8 Å². The summed E-state index contributed by atoms with van der Waals surface area (Å²) in [6, 6.07) is 8.28. The highest BCUT2D eigenvalue weighted by molar-refractivity contribution is 6.33. The van der Waals surface area contributed by atoms with Crippen LogP contribution in [0.4, 0.5) is 0 Å². The molecule has 5 heteroatoms. The third-order valence-corrected chi connectivity index (χ3v) is 5.66. The molecule has 0 aliphatic heterocycles. The Morgan fingerprint density at radius 3 is 2.65 bits per heavy atom. The molecule has 1 aliphatic carbocycles. The van der Waals surface area contributed by atoms with Gasteiger partial charge in [-0.3, -0.25) is 0 Å². The number of aromatic nitrogens is 3. The largest absolute Gasteiger partial charge is 0.497 e. The fraction of sp³-hybridized carbons (Fsp3) is 0.429. The summed E-state index contributed by atoms with van der Waals surface area (Å²) in [7, 11) is 1.65. The number of pyridine rings is 1. The normalized spacial score (nSPS) is 15.4. The Morgan fingerprint density at radius 1 is 1.23 bits per heavy atom. The summed E-state index contributed by atoms with van der Waals surface area (Å²) in [5.41, 5.74) is 3.91. The van der Waals surface area contributed by atoms with Gasteiger partial charge in [0.2, 0.25) is 0 Å². The van der Waals surface area contributed by atoms with E-state index >= 15 is 0 Å². The molecule has 1 fully saturated rings. The lowest BCUT2D eigenvalue weighted by Gasteiger charge is -2.19. The molecular weight excluding hydrogens is 346 g/mol. The Kier molecular flexibility index (Phi) is 4.62. The molecule has 4 nitrogen and oxygen atoms in total. The maximum atomic E-state index is 6.54. The van der Waals surface area contributed by atoms with Gasteiger partial charge in [0.1, 0.15) is 17.1 Å². The number of halogens is 1. The maximum Gasteiger partial charge on any atom is 0.160 e. The lowest BCUT2D eigenvalue weighted by molar-refractivity contribution is 0.415. The van der Waals surface area contributed by atoms with Crippen LogP contribution in [0, 0.1) is 5.92 Å². The van der Waals surface area contributed by atoms with Gasteiger partial charge < -0.3 is 9.30 Å². The van der Waals surface area contributed by atoms with Crippen LogP contribution >= 0.6 is 11.6 Å². The van der Waals surface area contributed by atoms with Crippen molar-refractivity contribution in [2.45, 2.75) is 45.6 Å². The van der Waals surface area contributed by atoms with Gasteiger partial charge in [0.05, 0.1) is 12.1 Å². The smallest absolute Gasteiger partial charge is 0.160 e. The van der Waals surface area contributed by atoms with E-state index < -0.39 is 0 Å². The molecule has 2 heterocycles. The van der Waals surface area contributed by atoms with E-state index in [0.717, 1.165) is 52.6 Å². The van der Waals surface area contributed by atoms with Gasteiger partial charge in [-0.15, -0.1) is 0 Å². The fourth-order valence-corrected chi connectivity index (χ4v) is 4.17. The average molecular weight is 370 g/mol. The lowest BCUT2D eigenvalue weighted by atomic mass is 10.1. The van der Waals surface area contributed by atoms with Crippen molar-refractivity contribution in [2.75, 3.05) is 7.11 Å². The van der Waals surface area contributed by atoms with E-state index in [9.17, 15) is 0 Å². The Hall–Kier alpha value is -2.07. The first kappa shape index (κ1) is 17.3. The molecule has 3 aromatic rings. The van der Waals surface area contributed by atoms with E-state index in [-0.39, 0.29) is 0 Å². The Labute approximate surface area is 159 Å². The van der Waals surface area contributed by atoms with Crippen LogP contribution in [0.25, 0.3) is 22.3 Å². The monoisotopic (exact) mass is 369 g/mol. The summed E-state index contributed by atoms with van der Waals surface area (Å²) in [5, 5.41) is 0.665. The first-order valence-corrected chi connectivity index (χ1v) is 9.75. The molecule has 1 aliphatic rings. The minimum absolute atomic E-state index is 0.490. The number of imidazole rings is 1. The van der Waals surface area contributed by atoms with E-state index in [2.05, 4.69) is 18.4 Å². The molecule has 1 aromatic carbocycles. The zero-order valence-electron chi connectivity index (χ0n) is 15.5. The van der Waals surface area contributed by atoms with Crippen LogP contribution in [0.2, 0.25) is 5.02 Å². The molecule has 136 valence electrons. The predicted molar refractivity (Wildman–Crippen MR) is 106 cm³/mol. The number of methoxy groups -OCH3 is 1. The summed E-state index contributed by atoms with van der Waals surface area (Å²) in [6.45, 7) is 4.43. The SMILES string of the molecule is CCc1nc2c(-c3ccc(OC)cc3Cl)ccnc2n1C(CC)C1CC1. The summed E-state index contributed by atoms with van der Waals surface area (Å²) in [4.78, 5) is 9.69. The lowest BCUT2D eigenvalue weighted by Crippen LogP contribution is -2.13. The topological polar surface area (TPSA) is 39.9 Å². The number of hydrogen-bond donors (Lipinski definition) is 0. The second kappa shape index (κ2) is 6.92. The Balaban J connectivity index is 1.91. The van der Waals surface area contributed by atoms with Crippen LogP contribution in [0.3, 0.4) is 0 Å². The van der Waals surface area contributed by atoms with Crippen LogP contribution in [0.5, 0.6) is 5.75 Å². The van der Waals surface area contributed by atoms with Crippen LogP contribution in [0.15, 0.2) is 30.5 Å². The van der Waals surface area contributed by atoms with Gasteiger partial charge in [-0.25, -0.2) is 9.97 Å². The number of rotatable bonds is 6. The van der Waals surface area contributed by atoms with Gasteiger partial charge in [0, 0.05) is 29.8 Å². The fourth-order valence-electron chi connectivity index (χ4n) is 3.90. The third-order valence-electron chi connectivity index (χ3n) is 5.35. The van der Waals surface area contributed by atoms with Crippen molar-refractivity contribution in [1.29, 1.82) is 0 Å². The van der Waals surface area contributed by atoms with E-state index in [1.54, 1.807) is 7.11 Å². The van der Waals surface area contributed by atoms with E-state index in [4.69, 9.17) is 26.3 Å². The number of ether oxygens (including phenoxy) is 1. The minimum Gasteiger partial charge on any atom is -0.497 e. The summed E-state index contributed by atoms with van der Waals surface area (Å²) < 4.78 is 7.66. The second-order valence-electron chi connectivity index (χ2n) is 6.94. The minimum atomic E-state index is 0.490. The first-order valence-electron chi connectivity index (χ1n) is 9.37. The molecule has 0 bridgehead atoms. The highest BCUT2D eigenvalue weighted by Crippen LogP contribution is 2.44. The van der Waals surface area contributed by atoms with Gasteiger partial charge in [0.25, 0.3) is 0 Å². The molecule has 0 spiro atoms. The van der Waals surface area contributed by atoms with E-state index in [1.165, 1.54) is 12.8 Å². The molecule has 0 amide bonds. The average Bonchev–Trinajstić information content (AvgIpc) is 3.43. The maximum absolute atomic E-state index is 6.54. The summed E-state index contributed by atoms with van der Waals surface area (Å²) >= 11 is 6.54. The number of benzene rings is 1. The molecule has 1 atom stereocenters. The number of fused-ring (bicyclic) bond motifs is 1. The number of aryl methyl sites for hydroxylation is 1. The zero-order chi connectivity index (χ0) is 18.3. The molecule has 1 unspecified atom stereocenters. The van der Waals surface area contributed by atoms with Crippen molar-refractivity contribution in [2.24, 2.45) is 5.92 Å². The molecule has 4 rings (SSSR count). The van der Waals surface area contributed by atoms with Gasteiger partial charge in [-0.05, 0) is 49.4 Å². The van der Waals surface area contributed by atoms with Crippen molar-refractivity contribution in [3.63, 3.8) is 0 Å². The zero-order valence-corrected chi connectivity index (χ0v) is 16.3. The van der Waals surface area contributed by atoms with Crippen molar-refractivity contribution in [3.8, 4) is 16.9 Å². The molecule has 0 radical (unpaired) electrons. The van der Waals surface area contributed by atoms with Crippen LogP contribution < -0.4 is 4.74 Å². The molecule has 0 N–H and O–H groups in total. The predicted octanol–water partition coefficient (Wildman–Crippen LogP) is 5.68. The molecular formula is C21H24ClN3O. The quantitative estimate of drug-likeness (QED) is 0.560. The standard InChI is InChI=1S/C21H24ClN3O/c1-4-18(13-6-7-13)25-19(5-2)24-20-16(10-11-23-21(20)25)15-9-8-14(26-3)12-17(15)22/h8-13,18H,4-7H2,1-3H3. The number of hydrogen-bond acceptors (Lipinski definition) is 3. The number of nitrogens with zero attached hydrogens (tertiary/aromatic N) is 3. The first-order chi connectivity index (χ1) is 12.7. The molecule has 26 heavy (non-hydrogen) atoms. The highest BCUT2D eigenvalue weighted by atomic mass is 35.5. The van der Waals surface area contributed by atoms with Crippen molar-refractivity contribution in [3.05, 3.63) is 41.3 Å². The van der Waals surface area contributed by atoms with Crippen molar-refractivity contribution in [1.82, 2.24) is 14.5 Å². The molecule has 1 saturated carbocycles. The van der Waals surface area contributed by atoms with E-state index in [0.29, 0.717) is 11.1 Å². The third kappa shape index (κ3) is 2.86. The summed E-state index contributed by atoms with van der Waals surface area (Å²) in [5.74, 6) is 2.63. The van der Waals surface area contributed by atoms with Crippen LogP contribution in [-0.2, 0) is 6.42 Å². The summed E-state index contributed by atoms with van der Waals surface area (Å²) in [6.07, 6.45) is 6.50. The van der Waals surface area contributed by atoms with Crippen molar-refractivity contribution < 1.29 is 4.74 Å². The van der Waals surface area contributed by atoms with Gasteiger partial charge in [0.15, 0.2) is 5.65 Å². The van der Waals surface area contributed by atoms with Crippen LogP contribution in [-0.4, -0.2) is 21.6 Å². The van der Waals surface area contributed by atoms with Gasteiger partial charge >= 0.3 is 0 Å². The van der Waals surface area contributed by atoms with Gasteiger partial charge in [-0.2, -0.15) is 0 Å². The Bertz CT molecular complexity index is 946. The van der Waals surface area contributed by atoms with E-state index in [1.807, 2.05) is 30.5 Å². The Morgan fingerprint density at radius 2 is 2.04 bits per heavy atom. The molecule has 2 aromatic heterocycles. The van der Waals surface area contributed by atoms with Crippen LogP contribution in [0.1, 0.15) is 45.0 Å². The second-order valence-corrected chi connectivity index (χ2v) is 7.35. The molecule has 0 saturated heterocycles. The highest BCUT2D eigenvalue weighted by Gasteiger charge is 2.33. The van der Waals surface area contributed by atoms with Gasteiger partial charge in [-0.1, -0.05) is 25.4 Å².